The van der Waals surface area contributed by atoms with Gasteiger partial charge in [0.1, 0.15) is 6.61 Å². The Hall–Kier alpha value is -1.59. The molecule has 0 aromatic rings. The minimum Gasteiger partial charge on any atom is -0.390 e. The second kappa shape index (κ2) is 7.28. The standard InChI is InChI=1S/C31H41FO4/c1-17-10-20(17)21-12-24-22-7-6-18-13-27(2,3)16-30(18,26(36)15-33)29(22,5)14-25(35)31(24,32)28(4)9-8-19(34)11-23(21)28/h8-9,11,18,20-22,24-25,33,35H,1,6-7,10,12-16H2,2-5H3/t18-,20?,21?,22?,24?,25-,28-,29-,30+,31-/m0/s1. The number of halogens is 1. The van der Waals surface area contributed by atoms with Gasteiger partial charge in [-0.2, -0.15) is 0 Å². The molecule has 0 bridgehead atoms. The Morgan fingerprint density at radius 2 is 1.83 bits per heavy atom. The first-order chi connectivity index (χ1) is 16.7. The third-order valence-corrected chi connectivity index (χ3v) is 12.2. The van der Waals surface area contributed by atoms with Gasteiger partial charge in [0.2, 0.25) is 0 Å². The van der Waals surface area contributed by atoms with E-state index in [4.69, 9.17) is 0 Å². The second-order valence-electron chi connectivity index (χ2n) is 14.3. The van der Waals surface area contributed by atoms with E-state index in [1.807, 2.05) is 6.92 Å². The Labute approximate surface area is 214 Å². The zero-order chi connectivity index (χ0) is 26.1. The predicted octanol–water partition coefficient (Wildman–Crippen LogP) is 5.14. The maximum Gasteiger partial charge on any atom is 0.178 e. The zero-order valence-electron chi connectivity index (χ0n) is 22.1. The molecule has 0 saturated heterocycles. The fourth-order valence-electron chi connectivity index (χ4n) is 10.8. The van der Waals surface area contributed by atoms with Gasteiger partial charge < -0.3 is 10.2 Å². The van der Waals surface area contributed by atoms with Crippen LogP contribution in [0, 0.1) is 51.2 Å². The summed E-state index contributed by atoms with van der Waals surface area (Å²) in [5.74, 6) is -0.322. The lowest BCUT2D eigenvalue weighted by atomic mass is 9.36. The summed E-state index contributed by atoms with van der Waals surface area (Å²) in [7, 11) is 0. The number of aliphatic hydroxyl groups is 2. The van der Waals surface area contributed by atoms with E-state index < -0.39 is 40.5 Å². The summed E-state index contributed by atoms with van der Waals surface area (Å²) in [6, 6.07) is 0. The first kappa shape index (κ1) is 24.7. The summed E-state index contributed by atoms with van der Waals surface area (Å²) in [4.78, 5) is 26.2. The molecule has 6 aliphatic carbocycles. The number of carbonyl (C=O) groups excluding carboxylic acids is 2. The van der Waals surface area contributed by atoms with Crippen molar-refractivity contribution in [1.82, 2.24) is 0 Å². The lowest BCUT2D eigenvalue weighted by molar-refractivity contribution is -0.244. The minimum atomic E-state index is -1.92. The van der Waals surface area contributed by atoms with Gasteiger partial charge in [0.25, 0.3) is 0 Å². The first-order valence-electron chi connectivity index (χ1n) is 13.9. The number of ketones is 2. The molecule has 6 rings (SSSR count). The third kappa shape index (κ3) is 2.77. The number of Topliss-reactive ketones (excluding diaryl/α,β-unsaturated/α-hetero) is 1. The summed E-state index contributed by atoms with van der Waals surface area (Å²) in [6.07, 6.45) is 8.51. The van der Waals surface area contributed by atoms with E-state index >= 15 is 4.39 Å². The van der Waals surface area contributed by atoms with Gasteiger partial charge in [-0.05, 0) is 104 Å². The molecule has 6 aliphatic rings. The molecule has 196 valence electrons. The maximum atomic E-state index is 17.8. The van der Waals surface area contributed by atoms with Crippen molar-refractivity contribution in [3.05, 3.63) is 36.0 Å². The third-order valence-electron chi connectivity index (χ3n) is 12.2. The molecule has 0 aliphatic heterocycles. The zero-order valence-corrected chi connectivity index (χ0v) is 22.1. The molecular weight excluding hydrogens is 455 g/mol. The fraction of sp³-hybridized carbons (Fsp3) is 0.742. The number of alkyl halides is 1. The van der Waals surface area contributed by atoms with Crippen molar-refractivity contribution < 1.29 is 24.2 Å². The van der Waals surface area contributed by atoms with Gasteiger partial charge >= 0.3 is 0 Å². The molecule has 2 N–H and O–H groups in total. The normalized spacial score (nSPS) is 52.6. The number of carbonyl (C=O) groups is 2. The highest BCUT2D eigenvalue weighted by atomic mass is 19.1. The van der Waals surface area contributed by atoms with Gasteiger partial charge in [-0.1, -0.05) is 39.0 Å². The molecule has 10 atom stereocenters. The van der Waals surface area contributed by atoms with Crippen molar-refractivity contribution in [2.24, 2.45) is 51.2 Å². The Bertz CT molecular complexity index is 1120. The van der Waals surface area contributed by atoms with Crippen LogP contribution in [-0.4, -0.2) is 40.2 Å². The molecule has 0 aromatic heterocycles. The van der Waals surface area contributed by atoms with Crippen LogP contribution in [0.5, 0.6) is 0 Å². The van der Waals surface area contributed by atoms with Crippen molar-refractivity contribution >= 4 is 11.6 Å². The maximum absolute atomic E-state index is 17.8. The van der Waals surface area contributed by atoms with E-state index in [1.54, 1.807) is 12.2 Å². The van der Waals surface area contributed by atoms with Gasteiger partial charge in [-0.25, -0.2) is 4.39 Å². The number of rotatable bonds is 3. The Kier molecular flexibility index (Phi) is 5.00. The summed E-state index contributed by atoms with van der Waals surface area (Å²) in [5, 5.41) is 22.0. The molecule has 5 heteroatoms. The SMILES string of the molecule is C=C1CC1C1CC2C3CC[C@H]4CC(C)(C)C[C@@]4(C(=O)CO)[C@@]3(C)C[C@H](O)[C@]2(F)[C@@]2(C)C=CC(=O)C=C12. The van der Waals surface area contributed by atoms with Gasteiger partial charge in [-0.3, -0.25) is 9.59 Å². The topological polar surface area (TPSA) is 74.6 Å². The van der Waals surface area contributed by atoms with Crippen LogP contribution in [0.4, 0.5) is 4.39 Å². The fourth-order valence-corrected chi connectivity index (χ4v) is 10.8. The highest BCUT2D eigenvalue weighted by molar-refractivity contribution is 6.01. The van der Waals surface area contributed by atoms with E-state index in [0.29, 0.717) is 12.8 Å². The van der Waals surface area contributed by atoms with Crippen LogP contribution in [-0.2, 0) is 9.59 Å². The molecule has 5 fully saturated rings. The molecule has 0 radical (unpaired) electrons. The molecule has 0 aromatic carbocycles. The van der Waals surface area contributed by atoms with Crippen LogP contribution in [0.25, 0.3) is 0 Å². The summed E-state index contributed by atoms with van der Waals surface area (Å²) < 4.78 is 17.8. The van der Waals surface area contributed by atoms with E-state index in [1.165, 1.54) is 6.08 Å². The van der Waals surface area contributed by atoms with Crippen LogP contribution >= 0.6 is 0 Å². The van der Waals surface area contributed by atoms with Gasteiger partial charge in [0.15, 0.2) is 17.2 Å². The Balaban J connectivity index is 1.52. The molecule has 0 heterocycles. The van der Waals surface area contributed by atoms with E-state index in [2.05, 4.69) is 27.4 Å². The van der Waals surface area contributed by atoms with Crippen molar-refractivity contribution in [2.45, 2.75) is 84.4 Å². The van der Waals surface area contributed by atoms with Gasteiger partial charge in [0, 0.05) is 16.7 Å². The average Bonchev–Trinajstić information content (AvgIpc) is 3.44. The molecule has 4 unspecified atom stereocenters. The number of aliphatic hydroxyl groups excluding tert-OH is 2. The highest BCUT2D eigenvalue weighted by Gasteiger charge is 2.76. The molecule has 0 amide bonds. The van der Waals surface area contributed by atoms with E-state index in [0.717, 1.165) is 36.8 Å². The predicted molar refractivity (Wildman–Crippen MR) is 136 cm³/mol. The van der Waals surface area contributed by atoms with Gasteiger partial charge in [-0.15, -0.1) is 0 Å². The van der Waals surface area contributed by atoms with Crippen LogP contribution < -0.4 is 0 Å². The Morgan fingerprint density at radius 1 is 1.14 bits per heavy atom. The van der Waals surface area contributed by atoms with E-state index in [-0.39, 0.29) is 47.1 Å². The minimum absolute atomic E-state index is 0.0297. The van der Waals surface area contributed by atoms with Gasteiger partial charge in [0.05, 0.1) is 6.10 Å². The van der Waals surface area contributed by atoms with Crippen LogP contribution in [0.2, 0.25) is 0 Å². The highest BCUT2D eigenvalue weighted by Crippen LogP contribution is 2.76. The Morgan fingerprint density at radius 3 is 2.47 bits per heavy atom. The van der Waals surface area contributed by atoms with Crippen LogP contribution in [0.15, 0.2) is 36.0 Å². The average molecular weight is 497 g/mol. The van der Waals surface area contributed by atoms with Crippen LogP contribution in [0.1, 0.15) is 72.6 Å². The number of hydrogen-bond acceptors (Lipinski definition) is 4. The summed E-state index contributed by atoms with van der Waals surface area (Å²) in [6.45, 7) is 12.1. The summed E-state index contributed by atoms with van der Waals surface area (Å²) >= 11 is 0. The molecule has 0 spiro atoms. The number of allylic oxidation sites excluding steroid dienone is 5. The molecule has 4 nitrogen and oxygen atoms in total. The first-order valence-corrected chi connectivity index (χ1v) is 13.9. The van der Waals surface area contributed by atoms with Crippen molar-refractivity contribution in [1.29, 1.82) is 0 Å². The number of fused-ring (bicyclic) bond motifs is 7. The van der Waals surface area contributed by atoms with Crippen LogP contribution in [0.3, 0.4) is 0 Å². The quantitative estimate of drug-likeness (QED) is 0.531. The molecular formula is C31H41FO4. The lowest BCUT2D eigenvalue weighted by Crippen LogP contribution is -2.72. The van der Waals surface area contributed by atoms with Crippen molar-refractivity contribution in [3.63, 3.8) is 0 Å². The second-order valence-corrected chi connectivity index (χ2v) is 14.3. The van der Waals surface area contributed by atoms with Crippen molar-refractivity contribution in [2.75, 3.05) is 6.61 Å². The molecule has 36 heavy (non-hydrogen) atoms. The largest absolute Gasteiger partial charge is 0.390 e. The van der Waals surface area contributed by atoms with Crippen molar-refractivity contribution in [3.8, 4) is 0 Å². The lowest BCUT2D eigenvalue weighted by Gasteiger charge is -2.69. The van der Waals surface area contributed by atoms with E-state index in [9.17, 15) is 19.8 Å². The monoisotopic (exact) mass is 496 g/mol. The molecule has 5 saturated carbocycles. The smallest absolute Gasteiger partial charge is 0.178 e. The number of hydrogen-bond donors (Lipinski definition) is 2. The summed E-state index contributed by atoms with van der Waals surface area (Å²) in [5.41, 5.74) is -2.40.